The van der Waals surface area contributed by atoms with E-state index < -0.39 is 17.4 Å². The van der Waals surface area contributed by atoms with Crippen molar-refractivity contribution < 1.29 is 14.0 Å². The monoisotopic (exact) mass is 192 g/mol. The number of Topliss-reactive ketones (excluding diaryl/α,β-unsaturated/α-hetero) is 2. The molecule has 0 spiro atoms. The van der Waals surface area contributed by atoms with Gasteiger partial charge in [0.1, 0.15) is 5.82 Å². The molecule has 0 radical (unpaired) electrons. The van der Waals surface area contributed by atoms with Gasteiger partial charge >= 0.3 is 0 Å². The van der Waals surface area contributed by atoms with E-state index in [0.29, 0.717) is 0 Å². The Morgan fingerprint density at radius 3 is 2.43 bits per heavy atom. The normalized spacial score (nSPS) is 15.2. The summed E-state index contributed by atoms with van der Waals surface area (Å²) in [4.78, 5) is 22.8. The van der Waals surface area contributed by atoms with E-state index in [2.05, 4.69) is 0 Å². The molecule has 0 bridgehead atoms. The quantitative estimate of drug-likeness (QED) is 0.542. The van der Waals surface area contributed by atoms with Crippen molar-refractivity contribution in [3.8, 4) is 0 Å². The molecule has 72 valence electrons. The number of rotatable bonds is 3. The predicted octanol–water partition coefficient (Wildman–Crippen LogP) is 1.99. The van der Waals surface area contributed by atoms with Crippen molar-refractivity contribution >= 4 is 11.6 Å². The van der Waals surface area contributed by atoms with Crippen LogP contribution in [-0.2, 0) is 4.79 Å². The molecule has 0 saturated heterocycles. The molecule has 0 atom stereocenters. The first kappa shape index (κ1) is 9.06. The number of carbonyl (C=O) groups excluding carboxylic acids is 2. The van der Waals surface area contributed by atoms with Gasteiger partial charge in [-0.2, -0.15) is 0 Å². The summed E-state index contributed by atoms with van der Waals surface area (Å²) in [6.07, 6.45) is 1.53. The molecule has 0 amide bonds. The Kier molecular flexibility index (Phi) is 2.15. The Bertz CT molecular complexity index is 394. The van der Waals surface area contributed by atoms with Gasteiger partial charge in [0.05, 0.1) is 5.56 Å². The number of ketones is 2. The zero-order valence-corrected chi connectivity index (χ0v) is 7.50. The first-order valence-corrected chi connectivity index (χ1v) is 4.53. The van der Waals surface area contributed by atoms with Crippen LogP contribution in [0.25, 0.3) is 0 Å². The van der Waals surface area contributed by atoms with Crippen LogP contribution >= 0.6 is 0 Å². The summed E-state index contributed by atoms with van der Waals surface area (Å²) >= 11 is 0. The predicted molar refractivity (Wildman–Crippen MR) is 48.5 cm³/mol. The Labute approximate surface area is 80.7 Å². The van der Waals surface area contributed by atoms with Crippen molar-refractivity contribution in [1.29, 1.82) is 0 Å². The molecule has 0 aliphatic heterocycles. The van der Waals surface area contributed by atoms with E-state index in [-0.39, 0.29) is 11.5 Å². The Morgan fingerprint density at radius 2 is 1.86 bits per heavy atom. The van der Waals surface area contributed by atoms with Crippen LogP contribution in [0.3, 0.4) is 0 Å². The van der Waals surface area contributed by atoms with Crippen LogP contribution < -0.4 is 0 Å². The van der Waals surface area contributed by atoms with Crippen molar-refractivity contribution in [3.05, 3.63) is 35.6 Å². The third kappa shape index (κ3) is 1.58. The lowest BCUT2D eigenvalue weighted by molar-refractivity contribution is -0.116. The average molecular weight is 192 g/mol. The zero-order chi connectivity index (χ0) is 10.1. The highest BCUT2D eigenvalue weighted by Crippen LogP contribution is 2.31. The number of benzene rings is 1. The molecule has 0 aromatic heterocycles. The lowest BCUT2D eigenvalue weighted by atomic mass is 10.0. The van der Waals surface area contributed by atoms with Crippen molar-refractivity contribution in [2.45, 2.75) is 12.8 Å². The summed E-state index contributed by atoms with van der Waals surface area (Å²) in [7, 11) is 0. The highest BCUT2D eigenvalue weighted by Gasteiger charge is 2.35. The topological polar surface area (TPSA) is 34.1 Å². The van der Waals surface area contributed by atoms with Crippen LogP contribution in [0.4, 0.5) is 4.39 Å². The second kappa shape index (κ2) is 3.33. The van der Waals surface area contributed by atoms with Gasteiger partial charge in [-0.15, -0.1) is 0 Å². The summed E-state index contributed by atoms with van der Waals surface area (Å²) in [6.45, 7) is 0. The van der Waals surface area contributed by atoms with E-state index in [4.69, 9.17) is 0 Å². The molecule has 1 aromatic rings. The van der Waals surface area contributed by atoms with Gasteiger partial charge in [0.15, 0.2) is 0 Å². The van der Waals surface area contributed by atoms with Crippen LogP contribution in [0, 0.1) is 11.7 Å². The summed E-state index contributed by atoms with van der Waals surface area (Å²) in [5.41, 5.74) is -0.107. The maximum Gasteiger partial charge on any atom is 0.231 e. The molecule has 3 heteroatoms. The summed E-state index contributed by atoms with van der Waals surface area (Å²) in [5.74, 6) is -1.91. The van der Waals surface area contributed by atoms with Gasteiger partial charge < -0.3 is 0 Å². The fourth-order valence-corrected chi connectivity index (χ4v) is 1.31. The molecule has 2 nitrogen and oxygen atoms in total. The van der Waals surface area contributed by atoms with E-state index in [0.717, 1.165) is 12.8 Å². The zero-order valence-electron chi connectivity index (χ0n) is 7.50. The van der Waals surface area contributed by atoms with Crippen molar-refractivity contribution in [3.63, 3.8) is 0 Å². The second-order valence-electron chi connectivity index (χ2n) is 3.45. The minimum atomic E-state index is -0.689. The Balaban J connectivity index is 2.26. The third-order valence-corrected chi connectivity index (χ3v) is 2.29. The van der Waals surface area contributed by atoms with E-state index in [1.165, 1.54) is 18.2 Å². The summed E-state index contributed by atoms with van der Waals surface area (Å²) in [6, 6.07) is 5.58. The summed E-state index contributed by atoms with van der Waals surface area (Å²) < 4.78 is 13.1. The lowest BCUT2D eigenvalue weighted by Gasteiger charge is -1.99. The molecule has 1 aliphatic rings. The number of hydrogen-bond donors (Lipinski definition) is 0. The highest BCUT2D eigenvalue weighted by atomic mass is 19.1. The number of carbonyl (C=O) groups is 2. The Morgan fingerprint density at radius 1 is 1.21 bits per heavy atom. The SMILES string of the molecule is O=C(C(=O)C1CC1)c1ccccc1F. The standard InChI is InChI=1S/C11H9FO2/c12-9-4-2-1-3-8(9)11(14)10(13)7-5-6-7/h1-4,7H,5-6H2. The van der Waals surface area contributed by atoms with Gasteiger partial charge in [0.2, 0.25) is 11.6 Å². The van der Waals surface area contributed by atoms with E-state index in [9.17, 15) is 14.0 Å². The Hall–Kier alpha value is -1.51. The lowest BCUT2D eigenvalue weighted by Crippen LogP contribution is -2.17. The van der Waals surface area contributed by atoms with E-state index in [1.54, 1.807) is 6.07 Å². The third-order valence-electron chi connectivity index (χ3n) is 2.29. The maximum atomic E-state index is 13.1. The van der Waals surface area contributed by atoms with Crippen LogP contribution in [0.1, 0.15) is 23.2 Å². The molecule has 0 heterocycles. The van der Waals surface area contributed by atoms with Crippen molar-refractivity contribution in [2.75, 3.05) is 0 Å². The van der Waals surface area contributed by atoms with Crippen LogP contribution in [0.15, 0.2) is 24.3 Å². The minimum absolute atomic E-state index is 0.107. The molecule has 1 fully saturated rings. The maximum absolute atomic E-state index is 13.1. The van der Waals surface area contributed by atoms with Crippen molar-refractivity contribution in [2.24, 2.45) is 5.92 Å². The van der Waals surface area contributed by atoms with Gasteiger partial charge in [-0.3, -0.25) is 9.59 Å². The van der Waals surface area contributed by atoms with Crippen LogP contribution in [0.5, 0.6) is 0 Å². The van der Waals surface area contributed by atoms with Gasteiger partial charge in [-0.05, 0) is 25.0 Å². The molecular weight excluding hydrogens is 183 g/mol. The van der Waals surface area contributed by atoms with E-state index in [1.807, 2.05) is 0 Å². The fraction of sp³-hybridized carbons (Fsp3) is 0.273. The molecule has 2 rings (SSSR count). The van der Waals surface area contributed by atoms with E-state index >= 15 is 0 Å². The molecule has 0 N–H and O–H groups in total. The fourth-order valence-electron chi connectivity index (χ4n) is 1.31. The largest absolute Gasteiger partial charge is 0.290 e. The molecular formula is C11H9FO2. The number of hydrogen-bond acceptors (Lipinski definition) is 2. The minimum Gasteiger partial charge on any atom is -0.290 e. The van der Waals surface area contributed by atoms with Crippen molar-refractivity contribution in [1.82, 2.24) is 0 Å². The average Bonchev–Trinajstić information content (AvgIpc) is 3.00. The van der Waals surface area contributed by atoms with Crippen LogP contribution in [0.2, 0.25) is 0 Å². The first-order chi connectivity index (χ1) is 6.70. The van der Waals surface area contributed by atoms with Gasteiger partial charge in [-0.1, -0.05) is 12.1 Å². The highest BCUT2D eigenvalue weighted by molar-refractivity contribution is 6.44. The summed E-state index contributed by atoms with van der Waals surface area (Å²) in [5, 5.41) is 0. The molecule has 0 unspecified atom stereocenters. The first-order valence-electron chi connectivity index (χ1n) is 4.53. The van der Waals surface area contributed by atoms with Gasteiger partial charge in [-0.25, -0.2) is 4.39 Å². The van der Waals surface area contributed by atoms with Gasteiger partial charge in [0, 0.05) is 5.92 Å². The molecule has 1 aromatic carbocycles. The second-order valence-corrected chi connectivity index (χ2v) is 3.45. The smallest absolute Gasteiger partial charge is 0.231 e. The van der Waals surface area contributed by atoms with Gasteiger partial charge in [0.25, 0.3) is 0 Å². The molecule has 14 heavy (non-hydrogen) atoms. The molecule has 1 aliphatic carbocycles. The molecule has 1 saturated carbocycles. The number of halogens is 1. The van der Waals surface area contributed by atoms with Crippen LogP contribution in [-0.4, -0.2) is 11.6 Å².